The van der Waals surface area contributed by atoms with E-state index in [0.29, 0.717) is 5.56 Å². The summed E-state index contributed by atoms with van der Waals surface area (Å²) in [6, 6.07) is 3.91. The van der Waals surface area contributed by atoms with Gasteiger partial charge in [0.2, 0.25) is 0 Å². The Kier molecular flexibility index (Phi) is 4.61. The molecule has 0 saturated carbocycles. The lowest BCUT2D eigenvalue weighted by molar-refractivity contribution is 0.509. The lowest BCUT2D eigenvalue weighted by atomic mass is 10.2. The van der Waals surface area contributed by atoms with Crippen LogP contribution in [0.25, 0.3) is 10.6 Å². The predicted octanol–water partition coefficient (Wildman–Crippen LogP) is 3.76. The molecule has 5 heteroatoms. The molecule has 0 amide bonds. The second-order valence-electron chi connectivity index (χ2n) is 4.30. The number of aryl methyl sites for hydroxylation is 1. The molecule has 0 saturated heterocycles. The van der Waals surface area contributed by atoms with E-state index in [1.807, 2.05) is 7.05 Å². The summed E-state index contributed by atoms with van der Waals surface area (Å²) in [5, 5.41) is 3.85. The van der Waals surface area contributed by atoms with Gasteiger partial charge in [0, 0.05) is 17.0 Å². The van der Waals surface area contributed by atoms with E-state index in [2.05, 4.69) is 17.2 Å². The number of nitrogens with zero attached hydrogens (tertiary/aromatic N) is 1. The second kappa shape index (κ2) is 6.21. The van der Waals surface area contributed by atoms with Gasteiger partial charge in [0.1, 0.15) is 5.01 Å². The van der Waals surface area contributed by atoms with E-state index in [0.717, 1.165) is 41.0 Å². The van der Waals surface area contributed by atoms with Crippen molar-refractivity contribution in [2.45, 2.75) is 26.3 Å². The monoisotopic (exact) mass is 282 g/mol. The zero-order valence-electron chi connectivity index (χ0n) is 11.0. The van der Waals surface area contributed by atoms with Crippen LogP contribution in [0.5, 0.6) is 0 Å². The van der Waals surface area contributed by atoms with E-state index < -0.39 is 11.6 Å². The molecule has 2 rings (SSSR count). The normalized spacial score (nSPS) is 10.9. The Morgan fingerprint density at radius 3 is 2.68 bits per heavy atom. The van der Waals surface area contributed by atoms with Crippen molar-refractivity contribution in [1.29, 1.82) is 0 Å². The Hall–Kier alpha value is -1.33. The van der Waals surface area contributed by atoms with Crippen LogP contribution in [0.15, 0.2) is 18.2 Å². The molecule has 0 aliphatic heterocycles. The van der Waals surface area contributed by atoms with Gasteiger partial charge in [-0.05, 0) is 31.7 Å². The minimum Gasteiger partial charge on any atom is -0.315 e. The summed E-state index contributed by atoms with van der Waals surface area (Å²) >= 11 is 1.53. The number of aromatic nitrogens is 1. The third kappa shape index (κ3) is 3.16. The van der Waals surface area contributed by atoms with Crippen LogP contribution in [0.1, 0.15) is 23.9 Å². The van der Waals surface area contributed by atoms with Crippen LogP contribution in [-0.2, 0) is 13.0 Å². The van der Waals surface area contributed by atoms with Crippen molar-refractivity contribution < 1.29 is 8.78 Å². The lowest BCUT2D eigenvalue weighted by Crippen LogP contribution is -2.05. The highest BCUT2D eigenvalue weighted by molar-refractivity contribution is 7.15. The van der Waals surface area contributed by atoms with Crippen LogP contribution in [0.4, 0.5) is 8.78 Å². The van der Waals surface area contributed by atoms with Crippen LogP contribution < -0.4 is 5.32 Å². The van der Waals surface area contributed by atoms with Gasteiger partial charge in [-0.25, -0.2) is 13.8 Å². The number of halogens is 2. The Morgan fingerprint density at radius 1 is 1.26 bits per heavy atom. The minimum absolute atomic E-state index is 0.628. The molecule has 1 aromatic carbocycles. The average molecular weight is 282 g/mol. The molecular weight excluding hydrogens is 266 g/mol. The summed E-state index contributed by atoms with van der Waals surface area (Å²) in [7, 11) is 1.88. The molecule has 0 fully saturated rings. The fraction of sp³-hybridized carbons (Fsp3) is 0.357. The molecule has 1 heterocycles. The number of nitrogens with one attached hydrogen (secondary N) is 1. The SMILES string of the molecule is CCCc1nc(-c2ccc(F)c(F)c2)sc1CNC. The molecule has 0 bridgehead atoms. The number of benzene rings is 1. The standard InChI is InChI=1S/C14H16F2N2S/c1-3-4-12-13(8-17-2)19-14(18-12)9-5-6-10(15)11(16)7-9/h5-7,17H,3-4,8H2,1-2H3. The summed E-state index contributed by atoms with van der Waals surface area (Å²) in [4.78, 5) is 5.71. The first-order valence-electron chi connectivity index (χ1n) is 6.24. The first-order chi connectivity index (χ1) is 9.15. The first kappa shape index (κ1) is 14.1. The summed E-state index contributed by atoms with van der Waals surface area (Å²) < 4.78 is 26.2. The molecule has 19 heavy (non-hydrogen) atoms. The van der Waals surface area contributed by atoms with Gasteiger partial charge in [0.15, 0.2) is 11.6 Å². The Bertz CT molecular complexity index is 543. The minimum atomic E-state index is -0.833. The van der Waals surface area contributed by atoms with Crippen LogP contribution in [0.2, 0.25) is 0 Å². The average Bonchev–Trinajstić information content (AvgIpc) is 2.77. The molecular formula is C14H16F2N2S. The lowest BCUT2D eigenvalue weighted by Gasteiger charge is -1.98. The maximum Gasteiger partial charge on any atom is 0.159 e. The van der Waals surface area contributed by atoms with Crippen molar-refractivity contribution in [3.63, 3.8) is 0 Å². The number of thiazole rings is 1. The predicted molar refractivity (Wildman–Crippen MR) is 74.2 cm³/mol. The van der Waals surface area contributed by atoms with Crippen molar-refractivity contribution in [3.05, 3.63) is 40.4 Å². The van der Waals surface area contributed by atoms with E-state index in [9.17, 15) is 8.78 Å². The molecule has 0 aliphatic rings. The van der Waals surface area contributed by atoms with Gasteiger partial charge in [-0.15, -0.1) is 11.3 Å². The van der Waals surface area contributed by atoms with Crippen LogP contribution >= 0.6 is 11.3 Å². The second-order valence-corrected chi connectivity index (χ2v) is 5.38. The third-order valence-corrected chi connectivity index (χ3v) is 3.92. The number of rotatable bonds is 5. The highest BCUT2D eigenvalue weighted by Crippen LogP contribution is 2.29. The topological polar surface area (TPSA) is 24.9 Å². The van der Waals surface area contributed by atoms with Crippen molar-refractivity contribution in [1.82, 2.24) is 10.3 Å². The summed E-state index contributed by atoms with van der Waals surface area (Å²) in [6.07, 6.45) is 1.91. The van der Waals surface area contributed by atoms with Gasteiger partial charge in [0.05, 0.1) is 5.69 Å². The van der Waals surface area contributed by atoms with Gasteiger partial charge in [-0.2, -0.15) is 0 Å². The van der Waals surface area contributed by atoms with Gasteiger partial charge in [-0.1, -0.05) is 13.3 Å². The number of hydrogen-bond acceptors (Lipinski definition) is 3. The molecule has 0 aliphatic carbocycles. The summed E-state index contributed by atoms with van der Waals surface area (Å²) in [6.45, 7) is 2.84. The van der Waals surface area contributed by atoms with Gasteiger partial charge in [-0.3, -0.25) is 0 Å². The highest BCUT2D eigenvalue weighted by atomic mass is 32.1. The molecule has 0 atom stereocenters. The van der Waals surface area contributed by atoms with E-state index in [-0.39, 0.29) is 0 Å². The molecule has 0 radical (unpaired) electrons. The van der Waals surface area contributed by atoms with Crippen LogP contribution in [0.3, 0.4) is 0 Å². The Balaban J connectivity index is 2.38. The van der Waals surface area contributed by atoms with Gasteiger partial charge in [0.25, 0.3) is 0 Å². The van der Waals surface area contributed by atoms with Crippen molar-refractivity contribution >= 4 is 11.3 Å². The summed E-state index contributed by atoms with van der Waals surface area (Å²) in [5.41, 5.74) is 1.67. The van der Waals surface area contributed by atoms with Crippen molar-refractivity contribution in [3.8, 4) is 10.6 Å². The fourth-order valence-electron chi connectivity index (χ4n) is 1.87. The van der Waals surface area contributed by atoms with Gasteiger partial charge >= 0.3 is 0 Å². The van der Waals surface area contributed by atoms with Crippen LogP contribution in [0, 0.1) is 11.6 Å². The Labute approximate surface area is 115 Å². The maximum atomic E-state index is 13.3. The zero-order valence-corrected chi connectivity index (χ0v) is 11.8. The highest BCUT2D eigenvalue weighted by Gasteiger charge is 2.13. The zero-order chi connectivity index (χ0) is 13.8. The van der Waals surface area contributed by atoms with Gasteiger partial charge < -0.3 is 5.32 Å². The quantitative estimate of drug-likeness (QED) is 0.903. The Morgan fingerprint density at radius 2 is 2.05 bits per heavy atom. The first-order valence-corrected chi connectivity index (χ1v) is 7.06. The van der Waals surface area contributed by atoms with E-state index in [4.69, 9.17) is 0 Å². The molecule has 1 N–H and O–H groups in total. The molecule has 0 unspecified atom stereocenters. The van der Waals surface area contributed by atoms with Crippen molar-refractivity contribution in [2.24, 2.45) is 0 Å². The summed E-state index contributed by atoms with van der Waals surface area (Å²) in [5.74, 6) is -1.66. The van der Waals surface area contributed by atoms with E-state index >= 15 is 0 Å². The van der Waals surface area contributed by atoms with Crippen molar-refractivity contribution in [2.75, 3.05) is 7.05 Å². The van der Waals surface area contributed by atoms with E-state index in [1.54, 1.807) is 6.07 Å². The molecule has 0 spiro atoms. The fourth-order valence-corrected chi connectivity index (χ4v) is 2.98. The molecule has 102 valence electrons. The smallest absolute Gasteiger partial charge is 0.159 e. The molecule has 2 nitrogen and oxygen atoms in total. The maximum absolute atomic E-state index is 13.3. The van der Waals surface area contributed by atoms with E-state index in [1.165, 1.54) is 17.4 Å². The molecule has 2 aromatic rings. The largest absolute Gasteiger partial charge is 0.315 e. The number of hydrogen-bond donors (Lipinski definition) is 1. The van der Waals surface area contributed by atoms with Crippen LogP contribution in [-0.4, -0.2) is 12.0 Å². The third-order valence-electron chi connectivity index (χ3n) is 2.77. The molecule has 1 aromatic heterocycles.